The summed E-state index contributed by atoms with van der Waals surface area (Å²) in [5.41, 5.74) is -0.500. The first kappa shape index (κ1) is 15.8. The zero-order valence-electron chi connectivity index (χ0n) is 4.95. The van der Waals surface area contributed by atoms with E-state index in [2.05, 4.69) is 0 Å². The van der Waals surface area contributed by atoms with E-state index >= 15 is 0 Å². The molecule has 0 radical (unpaired) electrons. The molecular formula is C4H14O3. The molecule has 0 aliphatic heterocycles. The van der Waals surface area contributed by atoms with Gasteiger partial charge >= 0.3 is 0 Å². The second kappa shape index (κ2) is 4.05. The molecule has 0 aromatic heterocycles. The molecule has 0 bridgehead atoms. The second-order valence-electron chi connectivity index (χ2n) is 2.17. The van der Waals surface area contributed by atoms with Crippen molar-refractivity contribution < 1.29 is 16.1 Å². The molecule has 48 valence electrons. The molecule has 0 aliphatic rings. The lowest BCUT2D eigenvalue weighted by Gasteiger charge is -2.04. The van der Waals surface area contributed by atoms with Gasteiger partial charge in [0.05, 0.1) is 5.60 Å². The molecule has 0 amide bonds. The van der Waals surface area contributed by atoms with Crippen molar-refractivity contribution in [1.82, 2.24) is 0 Å². The largest absolute Gasteiger partial charge is 0.412 e. The molecular weight excluding hydrogens is 96.0 g/mol. The summed E-state index contributed by atoms with van der Waals surface area (Å²) in [6, 6.07) is 0. The molecule has 7 heavy (non-hydrogen) atoms. The van der Waals surface area contributed by atoms with Crippen LogP contribution >= 0.6 is 0 Å². The first-order valence-electron chi connectivity index (χ1n) is 1.72. The Morgan fingerprint density at radius 1 is 1.00 bits per heavy atom. The summed E-state index contributed by atoms with van der Waals surface area (Å²) in [5, 5.41) is 8.52. The molecule has 5 N–H and O–H groups in total. The molecule has 0 heterocycles. The van der Waals surface area contributed by atoms with E-state index in [-0.39, 0.29) is 11.0 Å². The Hall–Kier alpha value is -0.120. The average molecular weight is 110 g/mol. The van der Waals surface area contributed by atoms with Crippen LogP contribution in [0, 0.1) is 0 Å². The van der Waals surface area contributed by atoms with Gasteiger partial charge in [-0.3, -0.25) is 0 Å². The molecule has 0 atom stereocenters. The van der Waals surface area contributed by atoms with E-state index in [0.717, 1.165) is 0 Å². The second-order valence-corrected chi connectivity index (χ2v) is 2.17. The van der Waals surface area contributed by atoms with Gasteiger partial charge in [0.15, 0.2) is 0 Å². The maximum absolute atomic E-state index is 8.52. The highest BCUT2D eigenvalue weighted by molar-refractivity contribution is 4.50. The number of rotatable bonds is 0. The molecule has 3 nitrogen and oxygen atoms in total. The highest BCUT2D eigenvalue weighted by Crippen LogP contribution is 1.93. The number of aliphatic hydroxyl groups is 1. The Balaban J connectivity index is -0.0000000800. The van der Waals surface area contributed by atoms with Crippen LogP contribution in [-0.4, -0.2) is 21.7 Å². The quantitative estimate of drug-likeness (QED) is 0.432. The fourth-order valence-corrected chi connectivity index (χ4v) is 0. The van der Waals surface area contributed by atoms with Crippen molar-refractivity contribution in [2.45, 2.75) is 26.4 Å². The molecule has 0 saturated carbocycles. The van der Waals surface area contributed by atoms with Gasteiger partial charge in [-0.05, 0) is 20.8 Å². The van der Waals surface area contributed by atoms with E-state index < -0.39 is 5.60 Å². The summed E-state index contributed by atoms with van der Waals surface area (Å²) in [4.78, 5) is 0. The fourth-order valence-electron chi connectivity index (χ4n) is 0. The van der Waals surface area contributed by atoms with Crippen molar-refractivity contribution in [3.63, 3.8) is 0 Å². The summed E-state index contributed by atoms with van der Waals surface area (Å²) in [6.45, 7) is 5.23. The van der Waals surface area contributed by atoms with E-state index in [1.165, 1.54) is 0 Å². The van der Waals surface area contributed by atoms with Crippen molar-refractivity contribution in [3.8, 4) is 0 Å². The van der Waals surface area contributed by atoms with Gasteiger partial charge in [-0.2, -0.15) is 0 Å². The lowest BCUT2D eigenvalue weighted by Crippen LogP contribution is -2.10. The third-order valence-electron chi connectivity index (χ3n) is 0. The van der Waals surface area contributed by atoms with E-state index in [1.807, 2.05) is 0 Å². The maximum atomic E-state index is 8.52. The zero-order valence-corrected chi connectivity index (χ0v) is 4.95. The normalized spacial score (nSPS) is 8.57. The lowest BCUT2D eigenvalue weighted by atomic mass is 10.2. The molecule has 0 aromatic carbocycles. The van der Waals surface area contributed by atoms with Gasteiger partial charge in [0, 0.05) is 0 Å². The van der Waals surface area contributed by atoms with Crippen LogP contribution in [0.25, 0.3) is 0 Å². The Morgan fingerprint density at radius 3 is 1.00 bits per heavy atom. The first-order valence-corrected chi connectivity index (χ1v) is 1.72. The van der Waals surface area contributed by atoms with Gasteiger partial charge < -0.3 is 16.1 Å². The van der Waals surface area contributed by atoms with Crippen molar-refractivity contribution >= 4 is 0 Å². The van der Waals surface area contributed by atoms with Crippen molar-refractivity contribution in [1.29, 1.82) is 0 Å². The van der Waals surface area contributed by atoms with Gasteiger partial charge in [-0.25, -0.2) is 0 Å². The molecule has 0 fully saturated rings. The molecule has 0 spiro atoms. The first-order chi connectivity index (χ1) is 2.00. The van der Waals surface area contributed by atoms with E-state index in [4.69, 9.17) is 5.11 Å². The monoisotopic (exact) mass is 110 g/mol. The fraction of sp³-hybridized carbons (Fsp3) is 1.00. The van der Waals surface area contributed by atoms with Crippen LogP contribution in [0.1, 0.15) is 20.8 Å². The molecule has 3 heteroatoms. The van der Waals surface area contributed by atoms with Crippen molar-refractivity contribution in [2.24, 2.45) is 0 Å². The molecule has 0 aromatic rings. The third kappa shape index (κ3) is 6150. The molecule has 0 rings (SSSR count). The summed E-state index contributed by atoms with van der Waals surface area (Å²) in [7, 11) is 0. The van der Waals surface area contributed by atoms with Crippen LogP contribution in [0.3, 0.4) is 0 Å². The number of hydrogen-bond acceptors (Lipinski definition) is 1. The molecule has 0 unspecified atom stereocenters. The van der Waals surface area contributed by atoms with Crippen LogP contribution < -0.4 is 0 Å². The van der Waals surface area contributed by atoms with Gasteiger partial charge in [-0.15, -0.1) is 0 Å². The molecule has 0 saturated heterocycles. The summed E-state index contributed by atoms with van der Waals surface area (Å²) < 4.78 is 0. The minimum atomic E-state index is -0.500. The Morgan fingerprint density at radius 2 is 1.00 bits per heavy atom. The van der Waals surface area contributed by atoms with Gasteiger partial charge in [0.1, 0.15) is 0 Å². The average Bonchev–Trinajstić information content (AvgIpc) is 0.722. The highest BCUT2D eigenvalue weighted by atomic mass is 16.3. The SMILES string of the molecule is CC(C)(C)O.O.O. The topological polar surface area (TPSA) is 83.2 Å². The third-order valence-corrected chi connectivity index (χ3v) is 0. The Bertz CT molecular complexity index is 22.4. The van der Waals surface area contributed by atoms with Crippen molar-refractivity contribution in [3.05, 3.63) is 0 Å². The van der Waals surface area contributed by atoms with Gasteiger partial charge in [0.25, 0.3) is 0 Å². The Kier molecular flexibility index (Phi) is 9.14. The predicted octanol–water partition coefficient (Wildman–Crippen LogP) is -0.872. The van der Waals surface area contributed by atoms with Crippen LogP contribution in [-0.2, 0) is 0 Å². The summed E-state index contributed by atoms with van der Waals surface area (Å²) in [5.74, 6) is 0. The minimum absolute atomic E-state index is 0. The number of hydrogen-bond donors (Lipinski definition) is 1. The Labute approximate surface area is 43.6 Å². The van der Waals surface area contributed by atoms with Crippen LogP contribution in [0.5, 0.6) is 0 Å². The van der Waals surface area contributed by atoms with Crippen LogP contribution in [0.4, 0.5) is 0 Å². The smallest absolute Gasteiger partial charge is 0.0563 e. The van der Waals surface area contributed by atoms with Gasteiger partial charge in [-0.1, -0.05) is 0 Å². The van der Waals surface area contributed by atoms with Crippen molar-refractivity contribution in [2.75, 3.05) is 0 Å². The van der Waals surface area contributed by atoms with Crippen LogP contribution in [0.2, 0.25) is 0 Å². The lowest BCUT2D eigenvalue weighted by molar-refractivity contribution is 0.102. The van der Waals surface area contributed by atoms with E-state index in [0.29, 0.717) is 0 Å². The van der Waals surface area contributed by atoms with Gasteiger partial charge in [0.2, 0.25) is 0 Å². The summed E-state index contributed by atoms with van der Waals surface area (Å²) in [6.07, 6.45) is 0. The molecule has 0 aliphatic carbocycles. The highest BCUT2D eigenvalue weighted by Gasteiger charge is 1.97. The minimum Gasteiger partial charge on any atom is -0.412 e. The standard InChI is InChI=1S/C4H10O.2H2O/c1-4(2,3)5;;/h5H,1-3H3;2*1H2. The maximum Gasteiger partial charge on any atom is 0.0563 e. The zero-order chi connectivity index (χ0) is 4.50. The van der Waals surface area contributed by atoms with E-state index in [1.54, 1.807) is 20.8 Å². The van der Waals surface area contributed by atoms with Crippen LogP contribution in [0.15, 0.2) is 0 Å². The van der Waals surface area contributed by atoms with E-state index in [9.17, 15) is 0 Å². The predicted molar refractivity (Wildman–Crippen MR) is 29.2 cm³/mol. The summed E-state index contributed by atoms with van der Waals surface area (Å²) >= 11 is 0.